The number of hydrogen-bond acceptors (Lipinski definition) is 0. The summed E-state index contributed by atoms with van der Waals surface area (Å²) in [7, 11) is 0. The van der Waals surface area contributed by atoms with Crippen LogP contribution in [-0.2, 0) is 0 Å². The molecule has 0 atom stereocenters. The van der Waals surface area contributed by atoms with Crippen LogP contribution in [0.2, 0.25) is 0 Å². The molecule has 0 aliphatic carbocycles. The smallest absolute Gasteiger partial charge is 0.0904 e. The molecule has 0 amide bonds. The van der Waals surface area contributed by atoms with Gasteiger partial charge in [0.05, 0.1) is 3.74 Å². The molecule has 0 radical (unpaired) electrons. The molecule has 0 unspecified atom stereocenters. The first-order valence-corrected chi connectivity index (χ1v) is 4.47. The first-order valence-electron chi connectivity index (χ1n) is 2.64. The van der Waals surface area contributed by atoms with Crippen LogP contribution in [0.25, 0.3) is 0 Å². The zero-order valence-electron chi connectivity index (χ0n) is 4.95. The second-order valence-corrected chi connectivity index (χ2v) is 4.77. The maximum Gasteiger partial charge on any atom is 0.0904 e. The van der Waals surface area contributed by atoms with Gasteiger partial charge in [0.25, 0.3) is 0 Å². The molecule has 0 saturated carbocycles. The molecular formula is C6H10Br2. The van der Waals surface area contributed by atoms with Crippen molar-refractivity contribution >= 4 is 31.9 Å². The average Bonchev–Trinajstić information content (AvgIpc) is 1.67. The fourth-order valence-electron chi connectivity index (χ4n) is 0.430. The van der Waals surface area contributed by atoms with Crippen LogP contribution in [0.5, 0.6) is 0 Å². The zero-order chi connectivity index (χ0) is 6.57. The third-order valence-electron chi connectivity index (χ3n) is 0.880. The Morgan fingerprint density at radius 1 is 1.62 bits per heavy atom. The van der Waals surface area contributed by atoms with E-state index in [1.54, 1.807) is 0 Å². The monoisotopic (exact) mass is 240 g/mol. The van der Waals surface area contributed by atoms with E-state index >= 15 is 0 Å². The van der Waals surface area contributed by atoms with Crippen LogP contribution in [0.1, 0.15) is 19.8 Å². The SMILES string of the molecule is C=C(CCC)C(Br)Br. The van der Waals surface area contributed by atoms with E-state index in [0.29, 0.717) is 3.74 Å². The van der Waals surface area contributed by atoms with Crippen molar-refractivity contribution in [3.05, 3.63) is 12.2 Å². The van der Waals surface area contributed by atoms with Crippen LogP contribution < -0.4 is 0 Å². The van der Waals surface area contributed by atoms with Crippen molar-refractivity contribution in [3.63, 3.8) is 0 Å². The lowest BCUT2D eigenvalue weighted by molar-refractivity contribution is 0.909. The predicted molar refractivity (Wildman–Crippen MR) is 45.7 cm³/mol. The van der Waals surface area contributed by atoms with Crippen LogP contribution >= 0.6 is 31.9 Å². The van der Waals surface area contributed by atoms with Crippen LogP contribution in [0.4, 0.5) is 0 Å². The zero-order valence-corrected chi connectivity index (χ0v) is 8.13. The summed E-state index contributed by atoms with van der Waals surface area (Å²) in [6.45, 7) is 6.00. The second-order valence-electron chi connectivity index (χ2n) is 1.71. The van der Waals surface area contributed by atoms with Crippen LogP contribution in [0, 0.1) is 0 Å². The Bertz CT molecular complexity index is 76.6. The highest BCUT2D eigenvalue weighted by molar-refractivity contribution is 9.24. The van der Waals surface area contributed by atoms with Gasteiger partial charge in [0.1, 0.15) is 0 Å². The summed E-state index contributed by atoms with van der Waals surface area (Å²) in [5, 5.41) is 0. The quantitative estimate of drug-likeness (QED) is 0.525. The highest BCUT2D eigenvalue weighted by Crippen LogP contribution is 2.20. The summed E-state index contributed by atoms with van der Waals surface area (Å²) in [5.41, 5.74) is 1.22. The number of rotatable bonds is 3. The van der Waals surface area contributed by atoms with E-state index < -0.39 is 0 Å². The van der Waals surface area contributed by atoms with Gasteiger partial charge in [0, 0.05) is 0 Å². The molecule has 0 nitrogen and oxygen atoms in total. The summed E-state index contributed by atoms with van der Waals surface area (Å²) in [6.07, 6.45) is 2.27. The maximum absolute atomic E-state index is 3.85. The lowest BCUT2D eigenvalue weighted by Gasteiger charge is -2.01. The van der Waals surface area contributed by atoms with Gasteiger partial charge in [-0.1, -0.05) is 57.4 Å². The minimum atomic E-state index is 0.301. The first-order chi connectivity index (χ1) is 3.68. The molecule has 0 fully saturated rings. The molecule has 0 N–H and O–H groups in total. The molecule has 0 aliphatic heterocycles. The van der Waals surface area contributed by atoms with Crippen molar-refractivity contribution in [1.82, 2.24) is 0 Å². The number of allylic oxidation sites excluding steroid dienone is 1. The highest BCUT2D eigenvalue weighted by atomic mass is 79.9. The summed E-state index contributed by atoms with van der Waals surface area (Å²) in [5.74, 6) is 0. The summed E-state index contributed by atoms with van der Waals surface area (Å²) >= 11 is 6.72. The Labute approximate surface area is 67.6 Å². The Kier molecular flexibility index (Phi) is 4.97. The Morgan fingerprint density at radius 3 is 2.25 bits per heavy atom. The molecular weight excluding hydrogens is 232 g/mol. The molecule has 48 valence electrons. The Morgan fingerprint density at radius 2 is 2.12 bits per heavy atom. The maximum atomic E-state index is 3.85. The molecule has 0 rings (SSSR count). The normalized spacial score (nSPS) is 10.0. The van der Waals surface area contributed by atoms with Crippen molar-refractivity contribution in [1.29, 1.82) is 0 Å². The summed E-state index contributed by atoms with van der Waals surface area (Å²) < 4.78 is 0.301. The van der Waals surface area contributed by atoms with Gasteiger partial charge in [-0.15, -0.1) is 0 Å². The van der Waals surface area contributed by atoms with Crippen molar-refractivity contribution in [2.45, 2.75) is 23.5 Å². The van der Waals surface area contributed by atoms with Gasteiger partial charge in [-0.25, -0.2) is 0 Å². The third kappa shape index (κ3) is 3.67. The lowest BCUT2D eigenvalue weighted by atomic mass is 10.2. The molecule has 0 aromatic carbocycles. The molecule has 0 bridgehead atoms. The molecule has 0 saturated heterocycles. The third-order valence-corrected chi connectivity index (χ3v) is 2.17. The summed E-state index contributed by atoms with van der Waals surface area (Å²) in [6, 6.07) is 0. The van der Waals surface area contributed by atoms with Crippen molar-refractivity contribution in [2.75, 3.05) is 0 Å². The van der Waals surface area contributed by atoms with E-state index in [2.05, 4.69) is 45.4 Å². The van der Waals surface area contributed by atoms with Crippen molar-refractivity contribution < 1.29 is 0 Å². The van der Waals surface area contributed by atoms with Gasteiger partial charge in [-0.2, -0.15) is 0 Å². The molecule has 0 heterocycles. The lowest BCUT2D eigenvalue weighted by Crippen LogP contribution is -1.88. The fourth-order valence-corrected chi connectivity index (χ4v) is 0.888. The average molecular weight is 242 g/mol. The minimum Gasteiger partial charge on any atom is -0.0979 e. The van der Waals surface area contributed by atoms with Crippen LogP contribution in [-0.4, -0.2) is 3.74 Å². The highest BCUT2D eigenvalue weighted by Gasteiger charge is 1.99. The Balaban J connectivity index is 3.33. The number of alkyl halides is 2. The molecule has 0 spiro atoms. The number of hydrogen-bond donors (Lipinski definition) is 0. The van der Waals surface area contributed by atoms with Gasteiger partial charge in [0.15, 0.2) is 0 Å². The van der Waals surface area contributed by atoms with E-state index in [1.807, 2.05) is 0 Å². The van der Waals surface area contributed by atoms with Crippen LogP contribution in [0.3, 0.4) is 0 Å². The van der Waals surface area contributed by atoms with Gasteiger partial charge in [-0.05, 0) is 6.42 Å². The van der Waals surface area contributed by atoms with E-state index in [0.717, 1.165) is 6.42 Å². The van der Waals surface area contributed by atoms with Crippen molar-refractivity contribution in [2.24, 2.45) is 0 Å². The van der Waals surface area contributed by atoms with Gasteiger partial charge in [-0.3, -0.25) is 0 Å². The second kappa shape index (κ2) is 4.57. The molecule has 8 heavy (non-hydrogen) atoms. The Hall–Kier alpha value is 0.700. The fraction of sp³-hybridized carbons (Fsp3) is 0.667. The van der Waals surface area contributed by atoms with Gasteiger partial charge in [0.2, 0.25) is 0 Å². The van der Waals surface area contributed by atoms with E-state index in [4.69, 9.17) is 0 Å². The summed E-state index contributed by atoms with van der Waals surface area (Å²) in [4.78, 5) is 0. The topological polar surface area (TPSA) is 0 Å². The van der Waals surface area contributed by atoms with E-state index in [9.17, 15) is 0 Å². The van der Waals surface area contributed by atoms with Gasteiger partial charge >= 0.3 is 0 Å². The molecule has 0 aliphatic rings. The predicted octanol–water partition coefficient (Wildman–Crippen LogP) is 3.46. The minimum absolute atomic E-state index is 0.301. The van der Waals surface area contributed by atoms with Crippen LogP contribution in [0.15, 0.2) is 12.2 Å². The molecule has 0 aromatic rings. The standard InChI is InChI=1S/C6H10Br2/c1-3-4-5(2)6(7)8/h6H,2-4H2,1H3. The molecule has 0 aromatic heterocycles. The molecule has 2 heteroatoms. The van der Waals surface area contributed by atoms with E-state index in [-0.39, 0.29) is 0 Å². The number of halogens is 2. The van der Waals surface area contributed by atoms with Gasteiger partial charge < -0.3 is 0 Å². The van der Waals surface area contributed by atoms with E-state index in [1.165, 1.54) is 12.0 Å². The first kappa shape index (κ1) is 8.70. The van der Waals surface area contributed by atoms with Crippen molar-refractivity contribution in [3.8, 4) is 0 Å². The largest absolute Gasteiger partial charge is 0.0979 e.